The van der Waals surface area contributed by atoms with Crippen LogP contribution in [-0.2, 0) is 0 Å². The zero-order chi connectivity index (χ0) is 9.71. The van der Waals surface area contributed by atoms with Gasteiger partial charge < -0.3 is 9.47 Å². The molecule has 0 amide bonds. The molecule has 0 radical (unpaired) electrons. The summed E-state index contributed by atoms with van der Waals surface area (Å²) < 4.78 is 11.1. The monoisotopic (exact) mass is 226 g/mol. The van der Waals surface area contributed by atoms with Gasteiger partial charge in [-0.2, -0.15) is 25.3 Å². The minimum absolute atomic E-state index is 0.114. The van der Waals surface area contributed by atoms with Crippen molar-refractivity contribution in [3.8, 4) is 11.5 Å². The van der Waals surface area contributed by atoms with Crippen LogP contribution in [0, 0.1) is 0 Å². The van der Waals surface area contributed by atoms with E-state index in [4.69, 9.17) is 9.47 Å². The van der Waals surface area contributed by atoms with Crippen LogP contribution in [0.5, 0.6) is 11.5 Å². The molecule has 3 rings (SSSR count). The summed E-state index contributed by atoms with van der Waals surface area (Å²) in [5.41, 5.74) is 2.41. The Kier molecular flexibility index (Phi) is 1.89. The van der Waals surface area contributed by atoms with Gasteiger partial charge in [-0.3, -0.25) is 0 Å². The van der Waals surface area contributed by atoms with Crippen LogP contribution < -0.4 is 9.47 Å². The van der Waals surface area contributed by atoms with Gasteiger partial charge >= 0.3 is 0 Å². The lowest BCUT2D eigenvalue weighted by atomic mass is 9.96. The number of hydrogen-bond acceptors (Lipinski definition) is 4. The molecular weight excluding hydrogens is 216 g/mol. The third kappa shape index (κ3) is 1.07. The number of rotatable bonds is 0. The van der Waals surface area contributed by atoms with Crippen LogP contribution >= 0.6 is 25.3 Å². The average molecular weight is 226 g/mol. The Bertz CT molecular complexity index is 392. The first-order chi connectivity index (χ1) is 6.77. The molecule has 0 saturated heterocycles. The Morgan fingerprint density at radius 2 is 1.86 bits per heavy atom. The molecule has 2 unspecified atom stereocenters. The number of benzene rings is 1. The van der Waals surface area contributed by atoms with Gasteiger partial charge in [0.2, 0.25) is 0 Å². The van der Waals surface area contributed by atoms with Gasteiger partial charge in [-0.05, 0) is 11.6 Å². The van der Waals surface area contributed by atoms with Gasteiger partial charge in [-0.15, -0.1) is 0 Å². The minimum atomic E-state index is 0.114. The highest BCUT2D eigenvalue weighted by molar-refractivity contribution is 7.81. The molecule has 2 aliphatic heterocycles. The lowest BCUT2D eigenvalue weighted by molar-refractivity contribution is 0.236. The second kappa shape index (κ2) is 3.00. The standard InChI is InChI=1S/C10H10O2S2/c13-7-3-12-10-6-2-1-5(7)9(10)8(14)4-11-6/h1-2,7-8,13-14H,3-4H2. The van der Waals surface area contributed by atoms with Crippen molar-refractivity contribution in [2.45, 2.75) is 10.5 Å². The molecule has 14 heavy (non-hydrogen) atoms. The number of thiol groups is 2. The molecule has 74 valence electrons. The lowest BCUT2D eigenvalue weighted by Crippen LogP contribution is -2.23. The van der Waals surface area contributed by atoms with Gasteiger partial charge in [0, 0.05) is 5.56 Å². The van der Waals surface area contributed by atoms with Crippen molar-refractivity contribution in [3.05, 3.63) is 23.3 Å². The fraction of sp³-hybridized carbons (Fsp3) is 0.400. The summed E-state index contributed by atoms with van der Waals surface area (Å²) in [5.74, 6) is 1.72. The third-order valence-electron chi connectivity index (χ3n) is 2.67. The molecule has 0 aliphatic carbocycles. The normalized spacial score (nSPS) is 27.9. The molecule has 0 spiro atoms. The molecular formula is C10H10O2S2. The topological polar surface area (TPSA) is 18.5 Å². The minimum Gasteiger partial charge on any atom is -0.488 e. The van der Waals surface area contributed by atoms with Crippen LogP contribution in [0.15, 0.2) is 12.1 Å². The SMILES string of the molecule is SC1COc2c3ccc1c2C(S)CO3. The van der Waals surface area contributed by atoms with E-state index in [2.05, 4.69) is 31.3 Å². The molecule has 0 N–H and O–H groups in total. The zero-order valence-electron chi connectivity index (χ0n) is 7.43. The highest BCUT2D eigenvalue weighted by Crippen LogP contribution is 2.49. The fourth-order valence-corrected chi connectivity index (χ4v) is 2.64. The van der Waals surface area contributed by atoms with Crippen molar-refractivity contribution >= 4 is 25.3 Å². The maximum Gasteiger partial charge on any atom is 0.165 e. The van der Waals surface area contributed by atoms with Gasteiger partial charge in [0.1, 0.15) is 13.2 Å². The Balaban J connectivity index is 2.27. The van der Waals surface area contributed by atoms with Crippen molar-refractivity contribution in [3.63, 3.8) is 0 Å². The lowest BCUT2D eigenvalue weighted by Gasteiger charge is -2.33. The van der Waals surface area contributed by atoms with E-state index in [1.807, 2.05) is 6.07 Å². The van der Waals surface area contributed by atoms with Crippen molar-refractivity contribution in [1.29, 1.82) is 0 Å². The fourth-order valence-electron chi connectivity index (χ4n) is 2.00. The first-order valence-corrected chi connectivity index (χ1v) is 5.59. The highest BCUT2D eigenvalue weighted by Gasteiger charge is 2.32. The first kappa shape index (κ1) is 8.80. The summed E-state index contributed by atoms with van der Waals surface area (Å²) in [6, 6.07) is 4.02. The Morgan fingerprint density at radius 1 is 1.07 bits per heavy atom. The van der Waals surface area contributed by atoms with Gasteiger partial charge in [-0.25, -0.2) is 0 Å². The van der Waals surface area contributed by atoms with Gasteiger partial charge in [0.05, 0.1) is 10.5 Å². The summed E-state index contributed by atoms with van der Waals surface area (Å²) in [5, 5.41) is 0.281. The maximum absolute atomic E-state index is 5.62. The summed E-state index contributed by atoms with van der Waals surface area (Å²) in [7, 11) is 0. The molecule has 1 aromatic rings. The Hall–Kier alpha value is -0.480. The second-order valence-corrected chi connectivity index (χ2v) is 4.80. The van der Waals surface area contributed by atoms with Crippen LogP contribution in [0.4, 0.5) is 0 Å². The molecule has 0 aromatic heterocycles. The first-order valence-electron chi connectivity index (χ1n) is 4.56. The quantitative estimate of drug-likeness (QED) is 0.662. The molecule has 0 saturated carbocycles. The van der Waals surface area contributed by atoms with Gasteiger partial charge in [0.25, 0.3) is 0 Å². The predicted molar refractivity (Wildman–Crippen MR) is 60.9 cm³/mol. The average Bonchev–Trinajstić information content (AvgIpc) is 2.18. The largest absolute Gasteiger partial charge is 0.488 e. The molecule has 2 heterocycles. The Morgan fingerprint density at radius 3 is 2.71 bits per heavy atom. The van der Waals surface area contributed by atoms with E-state index in [0.717, 1.165) is 11.5 Å². The van der Waals surface area contributed by atoms with Crippen LogP contribution in [0.2, 0.25) is 0 Å². The van der Waals surface area contributed by atoms with Gasteiger partial charge in [0.15, 0.2) is 11.5 Å². The van der Waals surface area contributed by atoms with E-state index < -0.39 is 0 Å². The molecule has 2 aliphatic rings. The summed E-state index contributed by atoms with van der Waals surface area (Å²) in [4.78, 5) is 0. The third-order valence-corrected chi connectivity index (χ3v) is 3.50. The summed E-state index contributed by atoms with van der Waals surface area (Å²) in [6.45, 7) is 1.24. The second-order valence-electron chi connectivity index (χ2n) is 3.55. The molecule has 2 nitrogen and oxygen atoms in total. The maximum atomic E-state index is 5.62. The molecule has 1 aromatic carbocycles. The summed E-state index contributed by atoms with van der Waals surface area (Å²) >= 11 is 8.98. The van der Waals surface area contributed by atoms with Crippen LogP contribution in [0.1, 0.15) is 21.6 Å². The van der Waals surface area contributed by atoms with Crippen LogP contribution in [0.3, 0.4) is 0 Å². The summed E-state index contributed by atoms with van der Waals surface area (Å²) in [6.07, 6.45) is 0. The van der Waals surface area contributed by atoms with Gasteiger partial charge in [-0.1, -0.05) is 6.07 Å². The smallest absolute Gasteiger partial charge is 0.165 e. The van der Waals surface area contributed by atoms with E-state index in [1.165, 1.54) is 11.1 Å². The van der Waals surface area contributed by atoms with E-state index >= 15 is 0 Å². The van der Waals surface area contributed by atoms with E-state index in [0.29, 0.717) is 13.2 Å². The van der Waals surface area contributed by atoms with E-state index in [9.17, 15) is 0 Å². The van der Waals surface area contributed by atoms with Crippen molar-refractivity contribution in [2.75, 3.05) is 13.2 Å². The van der Waals surface area contributed by atoms with Crippen molar-refractivity contribution in [1.82, 2.24) is 0 Å². The van der Waals surface area contributed by atoms with Crippen molar-refractivity contribution in [2.24, 2.45) is 0 Å². The zero-order valence-corrected chi connectivity index (χ0v) is 9.22. The number of ether oxygens (including phenoxy) is 2. The van der Waals surface area contributed by atoms with Crippen LogP contribution in [0.25, 0.3) is 0 Å². The van der Waals surface area contributed by atoms with Crippen LogP contribution in [-0.4, -0.2) is 13.2 Å². The van der Waals surface area contributed by atoms with E-state index in [-0.39, 0.29) is 10.5 Å². The predicted octanol–water partition coefficient (Wildman–Crippen LogP) is 2.41. The highest BCUT2D eigenvalue weighted by atomic mass is 32.1. The van der Waals surface area contributed by atoms with Crippen molar-refractivity contribution < 1.29 is 9.47 Å². The molecule has 0 fully saturated rings. The molecule has 4 bridgehead atoms. The van der Waals surface area contributed by atoms with E-state index in [1.54, 1.807) is 0 Å². The molecule has 4 heteroatoms. The molecule has 2 atom stereocenters. The Labute approximate surface area is 93.4 Å². The number of hydrogen-bond donors (Lipinski definition) is 2.